The van der Waals surface area contributed by atoms with E-state index < -0.39 is 73.8 Å². The lowest BCUT2D eigenvalue weighted by Crippen LogP contribution is -2.62. The number of ether oxygens (including phenoxy) is 6. The van der Waals surface area contributed by atoms with Crippen LogP contribution in [0.25, 0.3) is 0 Å². The van der Waals surface area contributed by atoms with Crippen LogP contribution in [0.3, 0.4) is 0 Å². The minimum Gasteiger partial charge on any atom is -0.388 e. The molecule has 0 aromatic heterocycles. The Morgan fingerprint density at radius 1 is 0.586 bits per heavy atom. The summed E-state index contributed by atoms with van der Waals surface area (Å²) in [6, 6.07) is 0. The molecule has 3 saturated heterocycles. The number of methoxy groups -OCH3 is 1. The Balaban J connectivity index is 1.68. The number of aliphatic hydroxyl groups is 7. The fourth-order valence-electron chi connectivity index (χ4n) is 3.35. The van der Waals surface area contributed by atoms with Crippen molar-refractivity contribution < 1.29 is 64.2 Å². The number of hydrogen-bond donors (Lipinski definition) is 7. The average molecular weight is 428 g/mol. The van der Waals surface area contributed by atoms with Gasteiger partial charge in [-0.1, -0.05) is 0 Å². The van der Waals surface area contributed by atoms with Gasteiger partial charge in [-0.25, -0.2) is 0 Å². The van der Waals surface area contributed by atoms with E-state index in [0.717, 1.165) is 0 Å². The van der Waals surface area contributed by atoms with Crippen molar-refractivity contribution >= 4 is 0 Å². The Bertz CT molecular complexity index is 523. The topological polar surface area (TPSA) is 197 Å². The maximum atomic E-state index is 10.3. The van der Waals surface area contributed by atoms with Crippen LogP contribution in [0.15, 0.2) is 0 Å². The van der Waals surface area contributed by atoms with Crippen LogP contribution in [0.5, 0.6) is 0 Å². The lowest BCUT2D eigenvalue weighted by Gasteiger charge is -2.44. The van der Waals surface area contributed by atoms with Crippen molar-refractivity contribution in [2.75, 3.05) is 26.9 Å². The zero-order chi connectivity index (χ0) is 21.3. The highest BCUT2D eigenvalue weighted by atomic mass is 16.8. The first-order valence-electron chi connectivity index (χ1n) is 9.19. The van der Waals surface area contributed by atoms with Crippen molar-refractivity contribution in [1.82, 2.24) is 0 Å². The summed E-state index contributed by atoms with van der Waals surface area (Å²) < 4.78 is 31.7. The molecular weight excluding hydrogens is 400 g/mol. The van der Waals surface area contributed by atoms with Crippen LogP contribution in [0.4, 0.5) is 0 Å². The van der Waals surface area contributed by atoms with Crippen molar-refractivity contribution in [3.05, 3.63) is 0 Å². The van der Waals surface area contributed by atoms with Gasteiger partial charge in [0.15, 0.2) is 18.9 Å². The molecule has 0 aromatic rings. The second-order valence-corrected chi connectivity index (χ2v) is 7.20. The molecule has 0 aromatic carbocycles. The summed E-state index contributed by atoms with van der Waals surface area (Å²) in [5.41, 5.74) is 0. The van der Waals surface area contributed by atoms with Crippen molar-refractivity contribution in [2.24, 2.45) is 0 Å². The van der Waals surface area contributed by atoms with Crippen LogP contribution in [-0.4, -0.2) is 136 Å². The molecule has 13 nitrogen and oxygen atoms in total. The molecule has 3 aliphatic heterocycles. The fraction of sp³-hybridized carbons (Fsp3) is 1.00. The van der Waals surface area contributed by atoms with Crippen LogP contribution >= 0.6 is 0 Å². The van der Waals surface area contributed by atoms with E-state index in [1.807, 2.05) is 0 Å². The van der Waals surface area contributed by atoms with Gasteiger partial charge in [-0.2, -0.15) is 0 Å². The molecular formula is C16H28O13. The second-order valence-electron chi connectivity index (χ2n) is 7.20. The third-order valence-corrected chi connectivity index (χ3v) is 5.15. The third-order valence-electron chi connectivity index (χ3n) is 5.15. The standard InChI is InChI=1S/C16H28O13/c1-24-14-12(23)10(21)7(4-27-14)28-16-13(9(20)6(18)3-26-16)29-15-11(22)8(19)5(17)2-25-15/h5-23H,2-4H2,1H3/t5-,6-,7-,8+,9+,10+,11-,12-,13-,14-,15+,16+/m1/s1. The van der Waals surface area contributed by atoms with E-state index in [1.165, 1.54) is 7.11 Å². The summed E-state index contributed by atoms with van der Waals surface area (Å²) in [6.45, 7) is -0.816. The fourth-order valence-corrected chi connectivity index (χ4v) is 3.35. The van der Waals surface area contributed by atoms with Crippen LogP contribution in [0.2, 0.25) is 0 Å². The third kappa shape index (κ3) is 4.88. The molecule has 0 bridgehead atoms. The quantitative estimate of drug-likeness (QED) is 0.220. The van der Waals surface area contributed by atoms with Crippen molar-refractivity contribution in [2.45, 2.75) is 73.8 Å². The Kier molecular flexibility index (Phi) is 7.77. The molecule has 3 heterocycles. The predicted octanol–water partition coefficient (Wildman–Crippen LogP) is -5.00. The van der Waals surface area contributed by atoms with E-state index in [-0.39, 0.29) is 19.8 Å². The van der Waals surface area contributed by atoms with E-state index in [1.54, 1.807) is 0 Å². The Morgan fingerprint density at radius 3 is 1.79 bits per heavy atom. The molecule has 0 amide bonds. The second kappa shape index (κ2) is 9.74. The lowest BCUT2D eigenvalue weighted by atomic mass is 10.0. The summed E-state index contributed by atoms with van der Waals surface area (Å²) in [7, 11) is 1.30. The van der Waals surface area contributed by atoms with Crippen LogP contribution in [-0.2, 0) is 28.4 Å². The van der Waals surface area contributed by atoms with Gasteiger partial charge in [0.25, 0.3) is 0 Å². The first-order valence-corrected chi connectivity index (χ1v) is 9.19. The smallest absolute Gasteiger partial charge is 0.187 e. The van der Waals surface area contributed by atoms with Gasteiger partial charge in [0, 0.05) is 7.11 Å². The van der Waals surface area contributed by atoms with Gasteiger partial charge in [-0.15, -0.1) is 0 Å². The molecule has 3 rings (SSSR count). The first-order chi connectivity index (χ1) is 13.7. The molecule has 0 saturated carbocycles. The monoisotopic (exact) mass is 428 g/mol. The highest BCUT2D eigenvalue weighted by molar-refractivity contribution is 4.90. The minimum atomic E-state index is -1.64. The molecule has 0 radical (unpaired) electrons. The van der Waals surface area contributed by atoms with E-state index in [0.29, 0.717) is 0 Å². The number of hydrogen-bond acceptors (Lipinski definition) is 13. The molecule has 0 aliphatic carbocycles. The highest BCUT2D eigenvalue weighted by Crippen LogP contribution is 2.28. The lowest BCUT2D eigenvalue weighted by molar-refractivity contribution is -0.362. The molecule has 13 heteroatoms. The van der Waals surface area contributed by atoms with Crippen molar-refractivity contribution in [3.8, 4) is 0 Å². The Hall–Kier alpha value is -0.520. The zero-order valence-corrected chi connectivity index (χ0v) is 15.6. The van der Waals surface area contributed by atoms with E-state index in [2.05, 4.69) is 0 Å². The summed E-state index contributed by atoms with van der Waals surface area (Å²) in [5, 5.41) is 69.8. The normalized spacial score (nSPS) is 51.7. The molecule has 0 spiro atoms. The predicted molar refractivity (Wildman–Crippen MR) is 88.0 cm³/mol. The molecule has 3 aliphatic rings. The number of rotatable bonds is 5. The summed E-state index contributed by atoms with van der Waals surface area (Å²) in [6.07, 6.45) is -16.5. The molecule has 3 fully saturated rings. The molecule has 7 N–H and O–H groups in total. The SMILES string of the molecule is CO[C@@H]1OC[C@@H](O[C@@H]2OC[C@@H](O)[C@H](O)[C@H]2O[C@@H]2OC[C@@H](O)[C@H](O)[C@H]2O)[C@H](O)[C@H]1O. The minimum absolute atomic E-state index is 0.171. The van der Waals surface area contributed by atoms with Crippen LogP contribution in [0, 0.1) is 0 Å². The molecule has 0 unspecified atom stereocenters. The van der Waals surface area contributed by atoms with Gasteiger partial charge >= 0.3 is 0 Å². The molecule has 12 atom stereocenters. The maximum Gasteiger partial charge on any atom is 0.187 e. The van der Waals surface area contributed by atoms with E-state index in [4.69, 9.17) is 28.4 Å². The van der Waals surface area contributed by atoms with E-state index in [9.17, 15) is 35.7 Å². The van der Waals surface area contributed by atoms with Crippen LogP contribution < -0.4 is 0 Å². The summed E-state index contributed by atoms with van der Waals surface area (Å²) in [5.74, 6) is 0. The summed E-state index contributed by atoms with van der Waals surface area (Å²) >= 11 is 0. The van der Waals surface area contributed by atoms with Gasteiger partial charge in [0.05, 0.1) is 19.8 Å². The van der Waals surface area contributed by atoms with Gasteiger partial charge in [-0.05, 0) is 0 Å². The highest BCUT2D eigenvalue weighted by Gasteiger charge is 2.48. The average Bonchev–Trinajstić information content (AvgIpc) is 2.71. The summed E-state index contributed by atoms with van der Waals surface area (Å²) in [4.78, 5) is 0. The van der Waals surface area contributed by atoms with Crippen LogP contribution in [0.1, 0.15) is 0 Å². The van der Waals surface area contributed by atoms with Gasteiger partial charge in [0.1, 0.15) is 54.9 Å². The van der Waals surface area contributed by atoms with Crippen molar-refractivity contribution in [3.63, 3.8) is 0 Å². The largest absolute Gasteiger partial charge is 0.388 e. The maximum absolute atomic E-state index is 10.3. The molecule has 170 valence electrons. The van der Waals surface area contributed by atoms with Gasteiger partial charge < -0.3 is 64.2 Å². The molecule has 29 heavy (non-hydrogen) atoms. The first kappa shape index (κ1) is 23.1. The van der Waals surface area contributed by atoms with E-state index >= 15 is 0 Å². The van der Waals surface area contributed by atoms with Gasteiger partial charge in [-0.3, -0.25) is 0 Å². The number of aliphatic hydroxyl groups excluding tert-OH is 7. The Labute approximate surface area is 165 Å². The van der Waals surface area contributed by atoms with Crippen molar-refractivity contribution in [1.29, 1.82) is 0 Å². The van der Waals surface area contributed by atoms with Gasteiger partial charge in [0.2, 0.25) is 0 Å². The Morgan fingerprint density at radius 2 is 1.14 bits per heavy atom. The zero-order valence-electron chi connectivity index (χ0n) is 15.6.